The summed E-state index contributed by atoms with van der Waals surface area (Å²) in [6.07, 6.45) is 3.98. The van der Waals surface area contributed by atoms with Crippen LogP contribution in [0.5, 0.6) is 0 Å². The highest BCUT2D eigenvalue weighted by atomic mass is 35.5. The average molecular weight is 209 g/mol. The zero-order valence-electron chi connectivity index (χ0n) is 8.89. The maximum absolute atomic E-state index is 6.05. The molecule has 0 amide bonds. The van der Waals surface area contributed by atoms with Crippen molar-refractivity contribution in [2.45, 2.75) is 32.6 Å². The predicted octanol–water partition coefficient (Wildman–Crippen LogP) is 4.58. The fourth-order valence-electron chi connectivity index (χ4n) is 1.42. The Kier molecular flexibility index (Phi) is 4.21. The van der Waals surface area contributed by atoms with Gasteiger partial charge in [0.05, 0.1) is 0 Å². The van der Waals surface area contributed by atoms with Crippen molar-refractivity contribution in [3.05, 3.63) is 47.0 Å². The molecule has 0 unspecified atom stereocenters. The Balaban J connectivity index is 2.89. The van der Waals surface area contributed by atoms with E-state index in [2.05, 4.69) is 26.5 Å². The highest BCUT2D eigenvalue weighted by Gasteiger charge is 2.02. The molecule has 0 radical (unpaired) electrons. The summed E-state index contributed by atoms with van der Waals surface area (Å²) < 4.78 is 0. The maximum Gasteiger partial charge on any atom is 0.0411 e. The number of halogens is 1. The van der Waals surface area contributed by atoms with Crippen LogP contribution in [0.2, 0.25) is 5.02 Å². The van der Waals surface area contributed by atoms with E-state index in [1.54, 1.807) is 0 Å². The topological polar surface area (TPSA) is 0 Å². The summed E-state index contributed by atoms with van der Waals surface area (Å²) in [5, 5.41) is 0.843. The summed E-state index contributed by atoms with van der Waals surface area (Å²) in [6.45, 7) is 8.09. The summed E-state index contributed by atoms with van der Waals surface area (Å²) in [5.74, 6) is 0.538. The summed E-state index contributed by atoms with van der Waals surface area (Å²) in [4.78, 5) is 0. The van der Waals surface area contributed by atoms with Gasteiger partial charge in [-0.2, -0.15) is 0 Å². The van der Waals surface area contributed by atoms with Gasteiger partial charge in [-0.15, -0.1) is 6.58 Å². The van der Waals surface area contributed by atoms with E-state index < -0.39 is 0 Å². The van der Waals surface area contributed by atoms with Gasteiger partial charge in [0.1, 0.15) is 0 Å². The molecule has 0 bridgehead atoms. The lowest BCUT2D eigenvalue weighted by Gasteiger charge is -2.08. The highest BCUT2D eigenvalue weighted by molar-refractivity contribution is 6.30. The molecular weight excluding hydrogens is 192 g/mol. The quantitative estimate of drug-likeness (QED) is 0.636. The first-order valence-corrected chi connectivity index (χ1v) is 5.41. The molecule has 0 nitrogen and oxygen atoms in total. The molecule has 0 atom stereocenters. The van der Waals surface area contributed by atoms with Gasteiger partial charge in [-0.3, -0.25) is 0 Å². The Labute approximate surface area is 91.6 Å². The molecule has 76 valence electrons. The van der Waals surface area contributed by atoms with Crippen LogP contribution in [-0.2, 0) is 6.42 Å². The molecule has 0 aliphatic rings. The van der Waals surface area contributed by atoms with Crippen LogP contribution in [0.3, 0.4) is 0 Å². The summed E-state index contributed by atoms with van der Waals surface area (Å²) >= 11 is 6.05. The standard InChI is InChI=1S/C13H17Cl/c1-4-5-6-11-7-12(10(2)3)9-13(14)8-11/h4,7-10H,1,5-6H2,2-3H3. The largest absolute Gasteiger partial charge is 0.103 e. The first kappa shape index (κ1) is 11.3. The number of allylic oxidation sites excluding steroid dienone is 1. The minimum Gasteiger partial charge on any atom is -0.103 e. The van der Waals surface area contributed by atoms with Crippen molar-refractivity contribution in [1.82, 2.24) is 0 Å². The Morgan fingerprint density at radius 1 is 1.36 bits per heavy atom. The molecule has 14 heavy (non-hydrogen) atoms. The lowest BCUT2D eigenvalue weighted by molar-refractivity contribution is 0.860. The van der Waals surface area contributed by atoms with Crippen LogP contribution >= 0.6 is 11.6 Å². The smallest absolute Gasteiger partial charge is 0.0411 e. The van der Waals surface area contributed by atoms with E-state index in [0.717, 1.165) is 17.9 Å². The second kappa shape index (κ2) is 5.21. The maximum atomic E-state index is 6.05. The number of hydrogen-bond acceptors (Lipinski definition) is 0. The van der Waals surface area contributed by atoms with Gasteiger partial charge in [0.25, 0.3) is 0 Å². The van der Waals surface area contributed by atoms with Gasteiger partial charge in [-0.05, 0) is 42.0 Å². The summed E-state index contributed by atoms with van der Waals surface area (Å²) in [6, 6.07) is 6.32. The lowest BCUT2D eigenvalue weighted by Crippen LogP contribution is -1.91. The molecule has 1 aromatic carbocycles. The third kappa shape index (κ3) is 3.19. The SMILES string of the molecule is C=CCCc1cc(Cl)cc(C(C)C)c1. The number of benzene rings is 1. The van der Waals surface area contributed by atoms with Crippen LogP contribution in [0, 0.1) is 0 Å². The van der Waals surface area contributed by atoms with Crippen molar-refractivity contribution in [3.63, 3.8) is 0 Å². The summed E-state index contributed by atoms with van der Waals surface area (Å²) in [7, 11) is 0. The van der Waals surface area contributed by atoms with Gasteiger partial charge in [-0.1, -0.05) is 37.6 Å². The van der Waals surface area contributed by atoms with Crippen LogP contribution in [0.25, 0.3) is 0 Å². The highest BCUT2D eigenvalue weighted by Crippen LogP contribution is 2.22. The molecule has 0 N–H and O–H groups in total. The van der Waals surface area contributed by atoms with E-state index in [-0.39, 0.29) is 0 Å². The Morgan fingerprint density at radius 2 is 2.07 bits per heavy atom. The van der Waals surface area contributed by atoms with Crippen molar-refractivity contribution in [2.75, 3.05) is 0 Å². The molecule has 0 aliphatic carbocycles. The van der Waals surface area contributed by atoms with Crippen molar-refractivity contribution >= 4 is 11.6 Å². The lowest BCUT2D eigenvalue weighted by atomic mass is 9.99. The van der Waals surface area contributed by atoms with E-state index in [9.17, 15) is 0 Å². The van der Waals surface area contributed by atoms with Gasteiger partial charge in [-0.25, -0.2) is 0 Å². The molecule has 0 aliphatic heterocycles. The second-order valence-corrected chi connectivity index (χ2v) is 4.31. The van der Waals surface area contributed by atoms with Crippen molar-refractivity contribution < 1.29 is 0 Å². The number of aryl methyl sites for hydroxylation is 1. The molecular formula is C13H17Cl. The van der Waals surface area contributed by atoms with Crippen molar-refractivity contribution in [2.24, 2.45) is 0 Å². The zero-order chi connectivity index (χ0) is 10.6. The van der Waals surface area contributed by atoms with E-state index >= 15 is 0 Å². The van der Waals surface area contributed by atoms with Gasteiger partial charge in [0.2, 0.25) is 0 Å². The monoisotopic (exact) mass is 208 g/mol. The van der Waals surface area contributed by atoms with Crippen LogP contribution < -0.4 is 0 Å². The van der Waals surface area contributed by atoms with Gasteiger partial charge >= 0.3 is 0 Å². The fraction of sp³-hybridized carbons (Fsp3) is 0.385. The van der Waals surface area contributed by atoms with Crippen LogP contribution in [-0.4, -0.2) is 0 Å². The van der Waals surface area contributed by atoms with E-state index in [1.165, 1.54) is 11.1 Å². The molecule has 0 saturated carbocycles. The second-order valence-electron chi connectivity index (χ2n) is 3.87. The van der Waals surface area contributed by atoms with Crippen molar-refractivity contribution in [1.29, 1.82) is 0 Å². The average Bonchev–Trinajstić information content (AvgIpc) is 2.14. The normalized spacial score (nSPS) is 10.6. The number of hydrogen-bond donors (Lipinski definition) is 0. The molecule has 0 aromatic heterocycles. The Hall–Kier alpha value is -0.750. The van der Waals surface area contributed by atoms with Gasteiger partial charge in [0, 0.05) is 5.02 Å². The van der Waals surface area contributed by atoms with Gasteiger partial charge in [0.15, 0.2) is 0 Å². The van der Waals surface area contributed by atoms with Gasteiger partial charge < -0.3 is 0 Å². The molecule has 1 rings (SSSR count). The van der Waals surface area contributed by atoms with Crippen LogP contribution in [0.4, 0.5) is 0 Å². The molecule has 1 aromatic rings. The molecule has 0 saturated heterocycles. The predicted molar refractivity (Wildman–Crippen MR) is 64.1 cm³/mol. The molecule has 0 fully saturated rings. The third-order valence-electron chi connectivity index (χ3n) is 2.28. The van der Waals surface area contributed by atoms with Crippen molar-refractivity contribution in [3.8, 4) is 0 Å². The van der Waals surface area contributed by atoms with Crippen LogP contribution in [0.15, 0.2) is 30.9 Å². The zero-order valence-corrected chi connectivity index (χ0v) is 9.64. The summed E-state index contributed by atoms with van der Waals surface area (Å²) in [5.41, 5.74) is 2.62. The Morgan fingerprint density at radius 3 is 2.64 bits per heavy atom. The molecule has 1 heteroatoms. The molecule has 0 spiro atoms. The molecule has 0 heterocycles. The van der Waals surface area contributed by atoms with E-state index in [0.29, 0.717) is 5.92 Å². The first-order valence-electron chi connectivity index (χ1n) is 5.03. The third-order valence-corrected chi connectivity index (χ3v) is 2.50. The number of rotatable bonds is 4. The van der Waals surface area contributed by atoms with Crippen LogP contribution in [0.1, 0.15) is 37.3 Å². The fourth-order valence-corrected chi connectivity index (χ4v) is 1.69. The van der Waals surface area contributed by atoms with E-state index in [1.807, 2.05) is 18.2 Å². The van der Waals surface area contributed by atoms with E-state index in [4.69, 9.17) is 11.6 Å². The first-order chi connectivity index (χ1) is 6.63. The minimum atomic E-state index is 0.538. The Bertz CT molecular complexity index is 313. The minimum absolute atomic E-state index is 0.538.